The fourth-order valence-corrected chi connectivity index (χ4v) is 0.853. The number of carbonyl (C=O) groups is 1. The number of esters is 1. The minimum absolute atomic E-state index is 0.321. The van der Waals surface area contributed by atoms with Gasteiger partial charge in [0.1, 0.15) is 5.60 Å². The average Bonchev–Trinajstić information content (AvgIpc) is 1.94. The van der Waals surface area contributed by atoms with Gasteiger partial charge in [-0.25, -0.2) is 4.79 Å². The van der Waals surface area contributed by atoms with Gasteiger partial charge >= 0.3 is 5.97 Å². The maximum absolute atomic E-state index is 11.1. The highest BCUT2D eigenvalue weighted by Crippen LogP contribution is 2.07. The normalized spacial score (nSPS) is 14.4. The number of hydrogen-bond acceptors (Lipinski definition) is 3. The molecule has 0 heterocycles. The van der Waals surface area contributed by atoms with Crippen molar-refractivity contribution in [2.45, 2.75) is 52.2 Å². The Balaban J connectivity index is 3.72. The van der Waals surface area contributed by atoms with Crippen molar-refractivity contribution in [1.82, 2.24) is 0 Å². The molecule has 1 N–H and O–H groups in total. The molecule has 0 aromatic heterocycles. The van der Waals surface area contributed by atoms with Crippen LogP contribution in [-0.4, -0.2) is 22.8 Å². The van der Waals surface area contributed by atoms with Gasteiger partial charge in [-0.05, 0) is 40.5 Å². The van der Waals surface area contributed by atoms with Crippen LogP contribution in [0.25, 0.3) is 0 Å². The van der Waals surface area contributed by atoms with Crippen LogP contribution in [0.2, 0.25) is 0 Å². The van der Waals surface area contributed by atoms with Crippen LogP contribution in [0.4, 0.5) is 0 Å². The molecule has 0 aromatic carbocycles. The quantitative estimate of drug-likeness (QED) is 0.558. The van der Waals surface area contributed by atoms with E-state index >= 15 is 0 Å². The molecule has 3 nitrogen and oxygen atoms in total. The van der Waals surface area contributed by atoms with Crippen molar-refractivity contribution in [3.63, 3.8) is 0 Å². The average molecular weight is 200 g/mol. The van der Waals surface area contributed by atoms with Crippen LogP contribution < -0.4 is 0 Å². The summed E-state index contributed by atoms with van der Waals surface area (Å²) in [6, 6.07) is 0. The summed E-state index contributed by atoms with van der Waals surface area (Å²) in [5.41, 5.74) is -0.439. The maximum Gasteiger partial charge on any atom is 0.330 e. The molecule has 0 saturated carbocycles. The number of ether oxygens (including phenoxy) is 1. The number of aliphatic hydroxyl groups is 1. The lowest BCUT2D eigenvalue weighted by molar-refractivity contribution is -0.148. The third kappa shape index (κ3) is 9.26. The predicted molar refractivity (Wildman–Crippen MR) is 55.9 cm³/mol. The fourth-order valence-electron chi connectivity index (χ4n) is 0.853. The van der Waals surface area contributed by atoms with Gasteiger partial charge in [-0.15, -0.1) is 0 Å². The van der Waals surface area contributed by atoms with Crippen molar-refractivity contribution < 1.29 is 14.6 Å². The van der Waals surface area contributed by atoms with Crippen molar-refractivity contribution in [2.75, 3.05) is 0 Å². The molecule has 0 bridgehead atoms. The Morgan fingerprint density at radius 3 is 2.50 bits per heavy atom. The van der Waals surface area contributed by atoms with E-state index in [1.807, 2.05) is 20.8 Å². The van der Waals surface area contributed by atoms with Crippen molar-refractivity contribution in [1.29, 1.82) is 0 Å². The smallest absolute Gasteiger partial charge is 0.330 e. The first-order chi connectivity index (χ1) is 6.31. The van der Waals surface area contributed by atoms with Gasteiger partial charge in [0.2, 0.25) is 0 Å². The van der Waals surface area contributed by atoms with E-state index in [2.05, 4.69) is 0 Å². The highest BCUT2D eigenvalue weighted by atomic mass is 16.6. The van der Waals surface area contributed by atoms with Gasteiger partial charge in [0.15, 0.2) is 0 Å². The summed E-state index contributed by atoms with van der Waals surface area (Å²) in [6.07, 6.45) is 4.17. The molecule has 82 valence electrons. The van der Waals surface area contributed by atoms with Crippen LogP contribution in [0.15, 0.2) is 12.2 Å². The van der Waals surface area contributed by atoms with E-state index in [1.165, 1.54) is 6.08 Å². The first-order valence-corrected chi connectivity index (χ1v) is 4.89. The highest BCUT2D eigenvalue weighted by molar-refractivity contribution is 5.82. The molecule has 0 aromatic rings. The Labute approximate surface area is 85.8 Å². The zero-order valence-electron chi connectivity index (χ0n) is 9.41. The zero-order valence-corrected chi connectivity index (χ0v) is 9.41. The van der Waals surface area contributed by atoms with Gasteiger partial charge in [-0.3, -0.25) is 0 Å². The molecule has 0 unspecified atom stereocenters. The van der Waals surface area contributed by atoms with Gasteiger partial charge < -0.3 is 9.84 Å². The van der Waals surface area contributed by atoms with Gasteiger partial charge in [-0.1, -0.05) is 6.08 Å². The van der Waals surface area contributed by atoms with Crippen LogP contribution in [0, 0.1) is 0 Å². The Kier molecular flexibility index (Phi) is 5.46. The lowest BCUT2D eigenvalue weighted by Crippen LogP contribution is -2.22. The third-order valence-electron chi connectivity index (χ3n) is 1.41. The summed E-state index contributed by atoms with van der Waals surface area (Å²) < 4.78 is 5.06. The number of aliphatic hydroxyl groups excluding tert-OH is 1. The van der Waals surface area contributed by atoms with E-state index in [0.29, 0.717) is 12.8 Å². The van der Waals surface area contributed by atoms with Crippen LogP contribution >= 0.6 is 0 Å². The molecule has 0 fully saturated rings. The lowest BCUT2D eigenvalue weighted by atomic mass is 10.2. The first-order valence-electron chi connectivity index (χ1n) is 4.89. The second-order valence-electron chi connectivity index (χ2n) is 4.36. The second kappa shape index (κ2) is 5.81. The fraction of sp³-hybridized carbons (Fsp3) is 0.727. The molecule has 0 rings (SSSR count). The van der Waals surface area contributed by atoms with E-state index in [1.54, 1.807) is 13.0 Å². The van der Waals surface area contributed by atoms with Gasteiger partial charge in [-0.2, -0.15) is 0 Å². The molecule has 0 aliphatic rings. The lowest BCUT2D eigenvalue weighted by Gasteiger charge is -2.17. The van der Waals surface area contributed by atoms with E-state index in [0.717, 1.165) is 0 Å². The van der Waals surface area contributed by atoms with Crippen LogP contribution in [0.5, 0.6) is 0 Å². The SMILES string of the molecule is C[C@@H](O)CCC=CC(=O)OC(C)(C)C. The minimum atomic E-state index is -0.439. The number of carbonyl (C=O) groups excluding carboxylic acids is 1. The summed E-state index contributed by atoms with van der Waals surface area (Å²) in [7, 11) is 0. The largest absolute Gasteiger partial charge is 0.457 e. The van der Waals surface area contributed by atoms with E-state index in [4.69, 9.17) is 9.84 Å². The molecule has 0 aliphatic carbocycles. The molecule has 1 atom stereocenters. The molecule has 0 spiro atoms. The van der Waals surface area contributed by atoms with Gasteiger partial charge in [0.25, 0.3) is 0 Å². The number of rotatable bonds is 4. The van der Waals surface area contributed by atoms with E-state index < -0.39 is 5.60 Å². The Hall–Kier alpha value is -0.830. The van der Waals surface area contributed by atoms with Gasteiger partial charge in [0.05, 0.1) is 6.10 Å². The van der Waals surface area contributed by atoms with Crippen LogP contribution in [0.1, 0.15) is 40.5 Å². The summed E-state index contributed by atoms with van der Waals surface area (Å²) >= 11 is 0. The molecule has 0 amide bonds. The summed E-state index contributed by atoms with van der Waals surface area (Å²) in [5, 5.41) is 8.95. The van der Waals surface area contributed by atoms with Crippen molar-refractivity contribution in [3.8, 4) is 0 Å². The first kappa shape index (κ1) is 13.2. The molecule has 0 aliphatic heterocycles. The maximum atomic E-state index is 11.1. The molecule has 0 radical (unpaired) electrons. The molecule has 3 heteroatoms. The Morgan fingerprint density at radius 2 is 2.07 bits per heavy atom. The summed E-state index contributed by atoms with van der Waals surface area (Å²) in [6.45, 7) is 7.21. The highest BCUT2D eigenvalue weighted by Gasteiger charge is 2.13. The molecular weight excluding hydrogens is 180 g/mol. The molecular formula is C11H20O3. The summed E-state index contributed by atoms with van der Waals surface area (Å²) in [4.78, 5) is 11.1. The van der Waals surface area contributed by atoms with E-state index in [9.17, 15) is 4.79 Å². The number of allylic oxidation sites excluding steroid dienone is 1. The summed E-state index contributed by atoms with van der Waals surface area (Å²) in [5.74, 6) is -0.330. The van der Waals surface area contributed by atoms with Crippen LogP contribution in [0.3, 0.4) is 0 Å². The standard InChI is InChI=1S/C11H20O3/c1-9(12)7-5-6-8-10(13)14-11(2,3)4/h6,8-9,12H,5,7H2,1-4H3/t9-/m1/s1. The molecule has 14 heavy (non-hydrogen) atoms. The minimum Gasteiger partial charge on any atom is -0.457 e. The number of hydrogen-bond donors (Lipinski definition) is 1. The van der Waals surface area contributed by atoms with Crippen molar-refractivity contribution in [2.24, 2.45) is 0 Å². The predicted octanol–water partition coefficient (Wildman–Crippen LogP) is 2.05. The monoisotopic (exact) mass is 200 g/mol. The topological polar surface area (TPSA) is 46.5 Å². The van der Waals surface area contributed by atoms with Crippen molar-refractivity contribution in [3.05, 3.63) is 12.2 Å². The van der Waals surface area contributed by atoms with Crippen molar-refractivity contribution >= 4 is 5.97 Å². The Bertz CT molecular complexity index is 199. The zero-order chi connectivity index (χ0) is 11.2. The van der Waals surface area contributed by atoms with Crippen LogP contribution in [-0.2, 0) is 9.53 Å². The third-order valence-corrected chi connectivity index (χ3v) is 1.41. The second-order valence-corrected chi connectivity index (χ2v) is 4.36. The molecule has 0 saturated heterocycles. The van der Waals surface area contributed by atoms with E-state index in [-0.39, 0.29) is 12.1 Å². The van der Waals surface area contributed by atoms with Gasteiger partial charge in [0, 0.05) is 6.08 Å². The Morgan fingerprint density at radius 1 is 1.50 bits per heavy atom.